The number of amides is 1. The first-order valence-electron chi connectivity index (χ1n) is 17.3. The summed E-state index contributed by atoms with van der Waals surface area (Å²) >= 11 is 6.48. The molecular weight excluding hydrogens is 632 g/mol. The number of carbonyl (C=O) groups is 1. The number of sulfonamides is 1. The minimum absolute atomic E-state index is 0.125. The fraction of sp³-hybridized carbons (Fsp3) is 0.605. The Kier molecular flexibility index (Phi) is 9.06. The van der Waals surface area contributed by atoms with E-state index in [0.29, 0.717) is 30.9 Å². The number of rotatable bonds is 3. The first kappa shape index (κ1) is 34.3. The lowest BCUT2D eigenvalue weighted by atomic mass is 9.44. The second kappa shape index (κ2) is 12.4. The van der Waals surface area contributed by atoms with Gasteiger partial charge in [0.1, 0.15) is 5.75 Å². The highest BCUT2D eigenvalue weighted by molar-refractivity contribution is 7.90. The third-order valence-electron chi connectivity index (χ3n) is 12.7. The largest absolute Gasteiger partial charge is 0.490 e. The molecule has 2 aromatic rings. The number of ether oxygens (including phenoxy) is 2. The Morgan fingerprint density at radius 1 is 1.09 bits per heavy atom. The summed E-state index contributed by atoms with van der Waals surface area (Å²) in [7, 11) is -2.10. The van der Waals surface area contributed by atoms with Crippen LogP contribution in [0.1, 0.15) is 101 Å². The van der Waals surface area contributed by atoms with Gasteiger partial charge in [-0.3, -0.25) is 4.79 Å². The topological polar surface area (TPSA) is 84.9 Å². The van der Waals surface area contributed by atoms with E-state index in [1.165, 1.54) is 11.1 Å². The number of methoxy groups -OCH3 is 1. The normalized spacial score (nSPS) is 35.8. The summed E-state index contributed by atoms with van der Waals surface area (Å²) in [5, 5.41) is -0.0207. The molecule has 2 aromatic carbocycles. The number of nitrogens with one attached hydrogen (secondary N) is 1. The molecule has 4 aliphatic rings. The van der Waals surface area contributed by atoms with Crippen LogP contribution in [0.2, 0.25) is 5.02 Å². The monoisotopic (exact) mass is 682 g/mol. The lowest BCUT2D eigenvalue weighted by Crippen LogP contribution is -2.65. The van der Waals surface area contributed by atoms with E-state index in [2.05, 4.69) is 54.7 Å². The Labute approximate surface area is 286 Å². The van der Waals surface area contributed by atoms with Crippen LogP contribution in [0.4, 0.5) is 5.69 Å². The Balaban J connectivity index is 1.52. The summed E-state index contributed by atoms with van der Waals surface area (Å²) in [5.41, 5.74) is 2.58. The van der Waals surface area contributed by atoms with Gasteiger partial charge in [-0.05, 0) is 105 Å². The number of anilines is 1. The van der Waals surface area contributed by atoms with Gasteiger partial charge in [-0.25, -0.2) is 13.1 Å². The highest BCUT2D eigenvalue weighted by Crippen LogP contribution is 2.65. The number of hydrogen-bond donors (Lipinski definition) is 1. The predicted octanol–water partition coefficient (Wildman–Crippen LogP) is 7.85. The number of hydrogen-bond acceptors (Lipinski definition) is 6. The molecule has 0 saturated heterocycles. The molecule has 1 saturated carbocycles. The van der Waals surface area contributed by atoms with Gasteiger partial charge in [0.2, 0.25) is 10.0 Å². The van der Waals surface area contributed by atoms with E-state index in [1.54, 1.807) is 13.0 Å². The van der Waals surface area contributed by atoms with E-state index >= 15 is 0 Å². The van der Waals surface area contributed by atoms with Crippen molar-refractivity contribution in [1.82, 2.24) is 4.72 Å². The smallest absolute Gasteiger partial charge is 0.264 e. The molecule has 2 heterocycles. The van der Waals surface area contributed by atoms with Crippen molar-refractivity contribution >= 4 is 33.2 Å². The highest BCUT2D eigenvalue weighted by atomic mass is 35.5. The molecule has 256 valence electrons. The molecule has 2 bridgehead atoms. The van der Waals surface area contributed by atoms with Gasteiger partial charge in [-0.2, -0.15) is 0 Å². The summed E-state index contributed by atoms with van der Waals surface area (Å²) in [6, 6.07) is 11.6. The first-order valence-corrected chi connectivity index (χ1v) is 19.2. The van der Waals surface area contributed by atoms with Crippen molar-refractivity contribution in [3.63, 3.8) is 0 Å². The standard InChI is InChI=1S/C38H51ClN2O5S/c1-7-16-38(45-6)18-8-10-26(2)27(3)47(43,44)40-34(42)29-12-15-33-32(22-29)41(23-35(4)19-20-36(35,38)5)24-37(25-46-33)17-9-11-28-21-30(39)13-14-31(28)37/h8,12-15,18,21-22,26-27H,7,9-11,16-17,19-20,23-25H2,1-6H3,(H,40,42)/b18-8+/t26-,27+,35?,36?,37-,38-/m0/s1. The van der Waals surface area contributed by atoms with Crippen molar-refractivity contribution < 1.29 is 22.7 Å². The molecule has 47 heavy (non-hydrogen) atoms. The van der Waals surface area contributed by atoms with Gasteiger partial charge in [0.15, 0.2) is 0 Å². The Hall–Kier alpha value is -2.55. The molecule has 9 heteroatoms. The molecule has 0 aromatic heterocycles. The van der Waals surface area contributed by atoms with E-state index in [9.17, 15) is 13.2 Å². The Morgan fingerprint density at radius 3 is 2.57 bits per heavy atom. The molecule has 0 radical (unpaired) electrons. The molecule has 1 fully saturated rings. The van der Waals surface area contributed by atoms with Crippen LogP contribution < -0.4 is 14.4 Å². The number of aryl methyl sites for hydroxylation is 1. The summed E-state index contributed by atoms with van der Waals surface area (Å²) in [4.78, 5) is 16.0. The van der Waals surface area contributed by atoms with E-state index in [-0.39, 0.29) is 22.2 Å². The molecule has 6 rings (SSSR count). The number of benzene rings is 2. The summed E-state index contributed by atoms with van der Waals surface area (Å²) in [5.74, 6) is -0.116. The van der Waals surface area contributed by atoms with E-state index in [4.69, 9.17) is 21.1 Å². The second-order valence-electron chi connectivity index (χ2n) is 15.3. The van der Waals surface area contributed by atoms with Gasteiger partial charge in [-0.15, -0.1) is 0 Å². The minimum Gasteiger partial charge on any atom is -0.490 e. The summed E-state index contributed by atoms with van der Waals surface area (Å²) in [6.45, 7) is 12.5. The van der Waals surface area contributed by atoms with Crippen molar-refractivity contribution in [2.24, 2.45) is 16.7 Å². The van der Waals surface area contributed by atoms with Crippen molar-refractivity contribution in [3.8, 4) is 5.75 Å². The van der Waals surface area contributed by atoms with E-state index in [1.807, 2.05) is 32.2 Å². The molecule has 1 amide bonds. The van der Waals surface area contributed by atoms with Crippen LogP contribution in [0, 0.1) is 16.7 Å². The first-order chi connectivity index (χ1) is 22.2. The van der Waals surface area contributed by atoms with Crippen molar-refractivity contribution in [1.29, 1.82) is 0 Å². The average molecular weight is 683 g/mol. The van der Waals surface area contributed by atoms with Gasteiger partial charge in [0, 0.05) is 41.6 Å². The maximum Gasteiger partial charge on any atom is 0.264 e. The molecular formula is C38H51ClN2O5S. The molecule has 2 unspecified atom stereocenters. The van der Waals surface area contributed by atoms with Crippen LogP contribution in [0.5, 0.6) is 5.75 Å². The Morgan fingerprint density at radius 2 is 1.87 bits per heavy atom. The van der Waals surface area contributed by atoms with Crippen molar-refractivity contribution in [2.75, 3.05) is 31.7 Å². The molecule has 2 aliphatic carbocycles. The van der Waals surface area contributed by atoms with E-state index in [0.717, 1.165) is 62.2 Å². The van der Waals surface area contributed by atoms with Gasteiger partial charge in [0.05, 0.1) is 23.1 Å². The highest BCUT2D eigenvalue weighted by Gasteiger charge is 2.63. The Bertz CT molecular complexity index is 1680. The van der Waals surface area contributed by atoms with Gasteiger partial charge < -0.3 is 14.4 Å². The minimum atomic E-state index is -3.93. The van der Waals surface area contributed by atoms with Crippen LogP contribution in [0.3, 0.4) is 0 Å². The summed E-state index contributed by atoms with van der Waals surface area (Å²) < 4.78 is 42.6. The van der Waals surface area contributed by atoms with Crippen LogP contribution in [-0.2, 0) is 26.6 Å². The molecule has 1 N–H and O–H groups in total. The number of fused-ring (bicyclic) bond motifs is 4. The third kappa shape index (κ3) is 5.70. The lowest BCUT2D eigenvalue weighted by molar-refractivity contribution is -0.191. The number of nitrogens with zero attached hydrogens (tertiary/aromatic N) is 1. The zero-order valence-corrected chi connectivity index (χ0v) is 30.4. The number of allylic oxidation sites excluding steroid dienone is 1. The van der Waals surface area contributed by atoms with Crippen LogP contribution in [-0.4, -0.2) is 52.0 Å². The van der Waals surface area contributed by atoms with Crippen LogP contribution >= 0.6 is 11.6 Å². The van der Waals surface area contributed by atoms with Crippen LogP contribution in [0.15, 0.2) is 48.6 Å². The third-order valence-corrected chi connectivity index (χ3v) is 14.8. The maximum atomic E-state index is 13.6. The SMILES string of the molecule is CCC[C@]1(OC)/C=C/C[C@H](C)[C@@H](C)S(=O)(=O)NC(=O)c2ccc3c(c2)N(CC2(C)CCC21C)C[C@@]1(CCCc2cc(Cl)ccc21)CO3. The molecule has 1 spiro atoms. The van der Waals surface area contributed by atoms with Crippen molar-refractivity contribution in [2.45, 2.75) is 102 Å². The molecule has 6 atom stereocenters. The van der Waals surface area contributed by atoms with E-state index < -0.39 is 26.8 Å². The van der Waals surface area contributed by atoms with Crippen LogP contribution in [0.25, 0.3) is 0 Å². The quantitative estimate of drug-likeness (QED) is 0.332. The molecule has 2 aliphatic heterocycles. The van der Waals surface area contributed by atoms with Gasteiger partial charge in [-0.1, -0.05) is 63.9 Å². The van der Waals surface area contributed by atoms with Crippen molar-refractivity contribution in [3.05, 3.63) is 70.3 Å². The fourth-order valence-electron chi connectivity index (χ4n) is 9.12. The lowest BCUT2D eigenvalue weighted by Gasteiger charge is -2.65. The zero-order valence-electron chi connectivity index (χ0n) is 28.8. The zero-order chi connectivity index (χ0) is 33.8. The number of halogens is 1. The maximum absolute atomic E-state index is 13.6. The van der Waals surface area contributed by atoms with Gasteiger partial charge >= 0.3 is 0 Å². The average Bonchev–Trinajstić information content (AvgIpc) is 3.18. The number of carbonyl (C=O) groups excluding carboxylic acids is 1. The van der Waals surface area contributed by atoms with Gasteiger partial charge in [0.25, 0.3) is 5.91 Å². The molecule has 7 nitrogen and oxygen atoms in total. The predicted molar refractivity (Wildman–Crippen MR) is 189 cm³/mol. The fourth-order valence-corrected chi connectivity index (χ4v) is 10.6. The summed E-state index contributed by atoms with van der Waals surface area (Å²) in [6.07, 6.45) is 11.8. The second-order valence-corrected chi connectivity index (χ2v) is 17.8.